The normalized spacial score (nSPS) is 16.2. The van der Waals surface area contributed by atoms with E-state index in [1.54, 1.807) is 11.6 Å². The Morgan fingerprint density at radius 1 is 1.59 bits per heavy atom. The van der Waals surface area contributed by atoms with Crippen molar-refractivity contribution in [2.45, 2.75) is 13.3 Å². The van der Waals surface area contributed by atoms with Gasteiger partial charge in [-0.05, 0) is 19.9 Å². The van der Waals surface area contributed by atoms with E-state index >= 15 is 0 Å². The highest BCUT2D eigenvalue weighted by Crippen LogP contribution is 2.02. The van der Waals surface area contributed by atoms with Gasteiger partial charge in [0.15, 0.2) is 0 Å². The van der Waals surface area contributed by atoms with Gasteiger partial charge in [-0.2, -0.15) is 13.1 Å². The maximum Gasteiger partial charge on any atom is 0.421 e. The van der Waals surface area contributed by atoms with Gasteiger partial charge in [-0.25, -0.2) is 9.52 Å². The van der Waals surface area contributed by atoms with E-state index in [-0.39, 0.29) is 13.2 Å². The molecule has 98 valence electrons. The van der Waals surface area contributed by atoms with E-state index in [2.05, 4.69) is 14.8 Å². The number of carbonyl (C=O) groups is 1. The van der Waals surface area contributed by atoms with Crippen LogP contribution < -0.4 is 14.8 Å². The third-order valence-electron chi connectivity index (χ3n) is 2.14. The molecule has 0 aliphatic carbocycles. The van der Waals surface area contributed by atoms with Gasteiger partial charge in [0.25, 0.3) is 0 Å². The standard InChI is InChI=1S/C9H17N3O4S/c1-2-16-9(13)12-17(14,15)11-7-8-3-5-10-6-4-8/h3,10-11H,2,4-7H2,1H3,(H,12,13). The fraction of sp³-hybridized carbons (Fsp3) is 0.667. The minimum Gasteiger partial charge on any atom is -0.449 e. The Morgan fingerprint density at radius 2 is 2.35 bits per heavy atom. The van der Waals surface area contributed by atoms with E-state index in [1.165, 1.54) is 0 Å². The molecule has 0 unspecified atom stereocenters. The van der Waals surface area contributed by atoms with Crippen molar-refractivity contribution in [1.82, 2.24) is 14.8 Å². The van der Waals surface area contributed by atoms with E-state index in [4.69, 9.17) is 0 Å². The maximum absolute atomic E-state index is 11.4. The van der Waals surface area contributed by atoms with Gasteiger partial charge in [-0.3, -0.25) is 0 Å². The largest absolute Gasteiger partial charge is 0.449 e. The Morgan fingerprint density at radius 3 is 2.94 bits per heavy atom. The molecule has 0 spiro atoms. The van der Waals surface area contributed by atoms with Crippen LogP contribution in [0.4, 0.5) is 4.79 Å². The Kier molecular flexibility index (Phi) is 5.39. The first kappa shape index (κ1) is 13.9. The highest BCUT2D eigenvalue weighted by atomic mass is 32.2. The van der Waals surface area contributed by atoms with Crippen LogP contribution in [0.15, 0.2) is 11.6 Å². The zero-order chi connectivity index (χ0) is 12.7. The Bertz CT molecular complexity index is 391. The topological polar surface area (TPSA) is 96.5 Å². The predicted octanol–water partition coefficient (Wildman–Crippen LogP) is -0.513. The summed E-state index contributed by atoms with van der Waals surface area (Å²) in [5.74, 6) is 0. The first-order valence-electron chi connectivity index (χ1n) is 5.36. The Labute approximate surface area is 101 Å². The summed E-state index contributed by atoms with van der Waals surface area (Å²) in [6.07, 6.45) is 1.75. The van der Waals surface area contributed by atoms with Crippen LogP contribution >= 0.6 is 0 Å². The number of hydrogen-bond donors (Lipinski definition) is 3. The zero-order valence-electron chi connectivity index (χ0n) is 9.65. The molecular weight excluding hydrogens is 246 g/mol. The number of nitrogens with one attached hydrogen (secondary N) is 3. The number of rotatable bonds is 5. The van der Waals surface area contributed by atoms with E-state index in [0.717, 1.165) is 25.1 Å². The fourth-order valence-corrected chi connectivity index (χ4v) is 2.05. The quantitative estimate of drug-likeness (QED) is 0.580. The van der Waals surface area contributed by atoms with Crippen LogP contribution in [-0.2, 0) is 14.9 Å². The van der Waals surface area contributed by atoms with E-state index in [1.807, 2.05) is 6.08 Å². The average molecular weight is 263 g/mol. The third kappa shape index (κ3) is 5.66. The molecule has 0 aromatic carbocycles. The predicted molar refractivity (Wildman–Crippen MR) is 62.6 cm³/mol. The third-order valence-corrected chi connectivity index (χ3v) is 3.10. The van der Waals surface area contributed by atoms with Gasteiger partial charge in [-0.1, -0.05) is 11.6 Å². The Hall–Kier alpha value is -1.12. The molecule has 0 saturated carbocycles. The van der Waals surface area contributed by atoms with Gasteiger partial charge in [-0.15, -0.1) is 0 Å². The molecule has 1 rings (SSSR count). The van der Waals surface area contributed by atoms with Gasteiger partial charge in [0.05, 0.1) is 6.61 Å². The molecule has 0 fully saturated rings. The van der Waals surface area contributed by atoms with Crippen molar-refractivity contribution in [3.05, 3.63) is 11.6 Å². The summed E-state index contributed by atoms with van der Waals surface area (Å²) >= 11 is 0. The SMILES string of the molecule is CCOC(=O)NS(=O)(=O)NCC1=CCNCC1. The Balaban J connectivity index is 2.38. The van der Waals surface area contributed by atoms with Crippen LogP contribution in [-0.4, -0.2) is 40.8 Å². The summed E-state index contributed by atoms with van der Waals surface area (Å²) in [6.45, 7) is 3.50. The van der Waals surface area contributed by atoms with Gasteiger partial charge in [0.1, 0.15) is 0 Å². The van der Waals surface area contributed by atoms with Crippen LogP contribution in [0.2, 0.25) is 0 Å². The second-order valence-electron chi connectivity index (χ2n) is 3.46. The molecule has 0 saturated heterocycles. The molecule has 0 aromatic heterocycles. The minimum absolute atomic E-state index is 0.123. The highest BCUT2D eigenvalue weighted by Gasteiger charge is 2.15. The van der Waals surface area contributed by atoms with Crippen LogP contribution in [0.5, 0.6) is 0 Å². The highest BCUT2D eigenvalue weighted by molar-refractivity contribution is 7.88. The van der Waals surface area contributed by atoms with Crippen molar-refractivity contribution in [1.29, 1.82) is 0 Å². The van der Waals surface area contributed by atoms with Gasteiger partial charge >= 0.3 is 16.3 Å². The van der Waals surface area contributed by atoms with Gasteiger partial charge in [0, 0.05) is 13.1 Å². The van der Waals surface area contributed by atoms with Crippen molar-refractivity contribution in [2.75, 3.05) is 26.2 Å². The zero-order valence-corrected chi connectivity index (χ0v) is 10.5. The van der Waals surface area contributed by atoms with Crippen molar-refractivity contribution < 1.29 is 17.9 Å². The smallest absolute Gasteiger partial charge is 0.421 e. The average Bonchev–Trinajstić information content (AvgIpc) is 2.27. The number of hydrogen-bond acceptors (Lipinski definition) is 5. The maximum atomic E-state index is 11.4. The van der Waals surface area contributed by atoms with Gasteiger partial charge in [0.2, 0.25) is 0 Å². The first-order valence-corrected chi connectivity index (χ1v) is 6.84. The van der Waals surface area contributed by atoms with E-state index in [0.29, 0.717) is 0 Å². The van der Waals surface area contributed by atoms with Crippen LogP contribution in [0.25, 0.3) is 0 Å². The summed E-state index contributed by atoms with van der Waals surface area (Å²) in [7, 11) is -3.84. The van der Waals surface area contributed by atoms with E-state index < -0.39 is 16.3 Å². The number of amides is 1. The second kappa shape index (κ2) is 6.58. The number of carbonyl (C=O) groups excluding carboxylic acids is 1. The molecular formula is C9H17N3O4S. The van der Waals surface area contributed by atoms with Crippen molar-refractivity contribution >= 4 is 16.3 Å². The van der Waals surface area contributed by atoms with Crippen LogP contribution in [0.1, 0.15) is 13.3 Å². The summed E-state index contributed by atoms with van der Waals surface area (Å²) in [5.41, 5.74) is 0.998. The molecule has 1 heterocycles. The van der Waals surface area contributed by atoms with Crippen molar-refractivity contribution in [2.24, 2.45) is 0 Å². The molecule has 0 radical (unpaired) electrons. The molecule has 7 nitrogen and oxygen atoms in total. The van der Waals surface area contributed by atoms with Crippen LogP contribution in [0, 0.1) is 0 Å². The molecule has 17 heavy (non-hydrogen) atoms. The monoisotopic (exact) mass is 263 g/mol. The molecule has 1 aliphatic rings. The lowest BCUT2D eigenvalue weighted by Crippen LogP contribution is -2.41. The minimum atomic E-state index is -3.84. The lowest BCUT2D eigenvalue weighted by atomic mass is 10.1. The molecule has 3 N–H and O–H groups in total. The molecule has 8 heteroatoms. The lowest BCUT2D eigenvalue weighted by Gasteiger charge is -2.14. The summed E-state index contributed by atoms with van der Waals surface area (Å²) in [5, 5.41) is 3.12. The summed E-state index contributed by atoms with van der Waals surface area (Å²) in [4.78, 5) is 10.9. The summed E-state index contributed by atoms with van der Waals surface area (Å²) < 4.78 is 31.3. The summed E-state index contributed by atoms with van der Waals surface area (Å²) in [6, 6.07) is 0. The molecule has 1 amide bonds. The van der Waals surface area contributed by atoms with Gasteiger partial charge < -0.3 is 10.1 Å². The first-order chi connectivity index (χ1) is 8.03. The molecule has 0 aromatic rings. The molecule has 0 bridgehead atoms. The second-order valence-corrected chi connectivity index (χ2v) is 4.96. The van der Waals surface area contributed by atoms with Crippen molar-refractivity contribution in [3.63, 3.8) is 0 Å². The van der Waals surface area contributed by atoms with Crippen molar-refractivity contribution in [3.8, 4) is 0 Å². The molecule has 1 aliphatic heterocycles. The lowest BCUT2D eigenvalue weighted by molar-refractivity contribution is 0.158. The number of ether oxygens (including phenoxy) is 1. The molecule has 0 atom stereocenters. The van der Waals surface area contributed by atoms with Crippen LogP contribution in [0.3, 0.4) is 0 Å². The fourth-order valence-electron chi connectivity index (χ4n) is 1.32. The van der Waals surface area contributed by atoms with E-state index in [9.17, 15) is 13.2 Å².